The van der Waals surface area contributed by atoms with Crippen LogP contribution in [-0.4, -0.2) is 30.7 Å². The molecular formula is C5H9NO4S. The first kappa shape index (κ1) is 8.48. The van der Waals surface area contributed by atoms with E-state index < -0.39 is 16.2 Å². The minimum absolute atomic E-state index is 0.154. The summed E-state index contributed by atoms with van der Waals surface area (Å²) in [6, 6.07) is -0.405. The Morgan fingerprint density at radius 2 is 2.27 bits per heavy atom. The van der Waals surface area contributed by atoms with Crippen molar-refractivity contribution in [3.8, 4) is 0 Å². The van der Waals surface area contributed by atoms with Crippen molar-refractivity contribution in [2.75, 3.05) is 5.75 Å². The highest BCUT2D eigenvalue weighted by molar-refractivity contribution is 7.85. The summed E-state index contributed by atoms with van der Waals surface area (Å²) in [5, 5.41) is 2.43. The zero-order valence-corrected chi connectivity index (χ0v) is 6.60. The van der Waals surface area contributed by atoms with Crippen molar-refractivity contribution in [1.29, 1.82) is 0 Å². The zero-order chi connectivity index (χ0) is 8.48. The standard InChI is InChI=1S/C5H9NO4S/c7-5-2-1-4(6-5)3-11(8,9)10/h4H,1-3H2,(H,6,7)(H,8,9,10)/t4-/m1/s1. The van der Waals surface area contributed by atoms with Gasteiger partial charge in [-0.3, -0.25) is 9.35 Å². The minimum Gasteiger partial charge on any atom is -0.352 e. The maximum Gasteiger partial charge on any atom is 0.266 e. The third kappa shape index (κ3) is 2.85. The number of carbonyl (C=O) groups excluding carboxylic acids is 1. The van der Waals surface area contributed by atoms with Crippen LogP contribution in [-0.2, 0) is 14.9 Å². The zero-order valence-electron chi connectivity index (χ0n) is 5.78. The Bertz CT molecular complexity index is 258. The second-order valence-electron chi connectivity index (χ2n) is 2.55. The molecule has 0 saturated carbocycles. The van der Waals surface area contributed by atoms with Crippen LogP contribution in [0, 0.1) is 0 Å². The number of hydrogen-bond donors (Lipinski definition) is 2. The molecule has 0 aromatic rings. The van der Waals surface area contributed by atoms with Gasteiger partial charge >= 0.3 is 0 Å². The molecule has 5 nitrogen and oxygen atoms in total. The molecule has 1 fully saturated rings. The molecule has 1 atom stereocenters. The fourth-order valence-corrected chi connectivity index (χ4v) is 1.82. The summed E-state index contributed by atoms with van der Waals surface area (Å²) in [6.07, 6.45) is 0.832. The number of carbonyl (C=O) groups is 1. The van der Waals surface area contributed by atoms with Crippen LogP contribution < -0.4 is 5.32 Å². The lowest BCUT2D eigenvalue weighted by Gasteiger charge is -2.05. The molecule has 0 aromatic heterocycles. The summed E-state index contributed by atoms with van der Waals surface area (Å²) < 4.78 is 29.0. The molecule has 0 bridgehead atoms. The summed E-state index contributed by atoms with van der Waals surface area (Å²) in [6.45, 7) is 0. The Morgan fingerprint density at radius 3 is 2.64 bits per heavy atom. The molecule has 1 aliphatic rings. The summed E-state index contributed by atoms with van der Waals surface area (Å²) in [5.41, 5.74) is 0. The smallest absolute Gasteiger partial charge is 0.266 e. The van der Waals surface area contributed by atoms with Crippen LogP contribution in [0.5, 0.6) is 0 Å². The van der Waals surface area contributed by atoms with E-state index in [0.29, 0.717) is 12.8 Å². The van der Waals surface area contributed by atoms with E-state index in [2.05, 4.69) is 5.32 Å². The van der Waals surface area contributed by atoms with Gasteiger partial charge in [-0.1, -0.05) is 0 Å². The van der Waals surface area contributed by atoms with E-state index in [-0.39, 0.29) is 11.7 Å². The summed E-state index contributed by atoms with van der Waals surface area (Å²) in [7, 11) is -3.95. The Labute approximate surface area is 64.5 Å². The predicted octanol–water partition coefficient (Wildman–Crippen LogP) is -0.847. The van der Waals surface area contributed by atoms with Crippen LogP contribution in [0.1, 0.15) is 12.8 Å². The molecular weight excluding hydrogens is 170 g/mol. The van der Waals surface area contributed by atoms with Gasteiger partial charge in [0.25, 0.3) is 10.1 Å². The molecule has 0 aliphatic carbocycles. The van der Waals surface area contributed by atoms with Crippen molar-refractivity contribution in [2.45, 2.75) is 18.9 Å². The maximum atomic E-state index is 10.6. The molecule has 1 amide bonds. The average molecular weight is 179 g/mol. The van der Waals surface area contributed by atoms with E-state index in [1.54, 1.807) is 0 Å². The van der Waals surface area contributed by atoms with Crippen molar-refractivity contribution in [2.24, 2.45) is 0 Å². The van der Waals surface area contributed by atoms with Gasteiger partial charge in [-0.2, -0.15) is 8.42 Å². The quantitative estimate of drug-likeness (QED) is 0.541. The minimum atomic E-state index is -3.95. The van der Waals surface area contributed by atoms with Crippen molar-refractivity contribution in [3.05, 3.63) is 0 Å². The van der Waals surface area contributed by atoms with Crippen LogP contribution in [0.2, 0.25) is 0 Å². The van der Waals surface area contributed by atoms with Gasteiger partial charge in [-0.05, 0) is 6.42 Å². The van der Waals surface area contributed by atoms with Crippen LogP contribution in [0.15, 0.2) is 0 Å². The summed E-state index contributed by atoms with van der Waals surface area (Å²) in [5.74, 6) is -0.530. The van der Waals surface area contributed by atoms with E-state index in [9.17, 15) is 13.2 Å². The summed E-state index contributed by atoms with van der Waals surface area (Å²) >= 11 is 0. The molecule has 0 radical (unpaired) electrons. The lowest BCUT2D eigenvalue weighted by molar-refractivity contribution is -0.119. The van der Waals surface area contributed by atoms with Gasteiger partial charge in [0.2, 0.25) is 5.91 Å². The third-order valence-corrected chi connectivity index (χ3v) is 2.32. The number of rotatable bonds is 2. The first-order chi connectivity index (χ1) is 4.97. The lowest BCUT2D eigenvalue weighted by atomic mass is 10.2. The predicted molar refractivity (Wildman–Crippen MR) is 37.6 cm³/mol. The second-order valence-corrected chi connectivity index (χ2v) is 4.05. The number of amides is 1. The first-order valence-corrected chi connectivity index (χ1v) is 4.83. The molecule has 1 saturated heterocycles. The highest BCUT2D eigenvalue weighted by Crippen LogP contribution is 2.07. The number of hydrogen-bond acceptors (Lipinski definition) is 3. The van der Waals surface area contributed by atoms with Gasteiger partial charge in [0.05, 0.1) is 5.75 Å². The molecule has 1 heterocycles. The van der Waals surface area contributed by atoms with Crippen LogP contribution in [0.25, 0.3) is 0 Å². The monoisotopic (exact) mass is 179 g/mol. The highest BCUT2D eigenvalue weighted by Gasteiger charge is 2.24. The maximum absolute atomic E-state index is 10.6. The van der Waals surface area contributed by atoms with E-state index in [4.69, 9.17) is 4.55 Å². The molecule has 11 heavy (non-hydrogen) atoms. The van der Waals surface area contributed by atoms with E-state index in [1.165, 1.54) is 0 Å². The van der Waals surface area contributed by atoms with Gasteiger partial charge in [0.15, 0.2) is 0 Å². The highest BCUT2D eigenvalue weighted by atomic mass is 32.2. The third-order valence-electron chi connectivity index (χ3n) is 1.50. The molecule has 0 spiro atoms. The van der Waals surface area contributed by atoms with Crippen LogP contribution in [0.4, 0.5) is 0 Å². The van der Waals surface area contributed by atoms with Gasteiger partial charge < -0.3 is 5.32 Å². The fourth-order valence-electron chi connectivity index (χ4n) is 1.06. The van der Waals surface area contributed by atoms with Crippen molar-refractivity contribution in [3.63, 3.8) is 0 Å². The molecule has 0 unspecified atom stereocenters. The molecule has 6 heteroatoms. The Balaban J connectivity index is 2.47. The van der Waals surface area contributed by atoms with Gasteiger partial charge in [0.1, 0.15) is 0 Å². The summed E-state index contributed by atoms with van der Waals surface area (Å²) in [4.78, 5) is 10.6. The Morgan fingerprint density at radius 1 is 1.64 bits per heavy atom. The molecule has 2 N–H and O–H groups in total. The van der Waals surface area contributed by atoms with Crippen molar-refractivity contribution in [1.82, 2.24) is 5.32 Å². The Kier molecular flexibility index (Phi) is 2.15. The topological polar surface area (TPSA) is 83.5 Å². The second kappa shape index (κ2) is 2.78. The molecule has 1 rings (SSSR count). The van der Waals surface area contributed by atoms with E-state index in [1.807, 2.05) is 0 Å². The average Bonchev–Trinajstić information content (AvgIpc) is 2.10. The normalized spacial score (nSPS) is 25.2. The van der Waals surface area contributed by atoms with Gasteiger partial charge in [-0.25, -0.2) is 0 Å². The fraction of sp³-hybridized carbons (Fsp3) is 0.800. The largest absolute Gasteiger partial charge is 0.352 e. The van der Waals surface area contributed by atoms with Gasteiger partial charge in [0, 0.05) is 12.5 Å². The van der Waals surface area contributed by atoms with Crippen molar-refractivity contribution >= 4 is 16.0 Å². The van der Waals surface area contributed by atoms with Crippen LogP contribution >= 0.6 is 0 Å². The first-order valence-electron chi connectivity index (χ1n) is 3.22. The SMILES string of the molecule is O=C1CC[C@H](CS(=O)(=O)O)N1. The molecule has 1 aliphatic heterocycles. The van der Waals surface area contributed by atoms with Crippen LogP contribution in [0.3, 0.4) is 0 Å². The Hall–Kier alpha value is -0.620. The van der Waals surface area contributed by atoms with Crippen molar-refractivity contribution < 1.29 is 17.8 Å². The van der Waals surface area contributed by atoms with E-state index in [0.717, 1.165) is 0 Å². The lowest BCUT2D eigenvalue weighted by Crippen LogP contribution is -2.31. The molecule has 0 aromatic carbocycles. The van der Waals surface area contributed by atoms with Gasteiger partial charge in [-0.15, -0.1) is 0 Å². The van der Waals surface area contributed by atoms with E-state index >= 15 is 0 Å². The number of nitrogens with one attached hydrogen (secondary N) is 1. The molecule has 64 valence electrons.